The Morgan fingerprint density at radius 3 is 3.12 bits per heavy atom. The molecule has 0 bridgehead atoms. The van der Waals surface area contributed by atoms with E-state index >= 15 is 0 Å². The number of thiophene rings is 1. The number of carboxylic acids is 1. The standard InChI is InChI=1S/C12H17NO2S/c1-9-2-4-13(11(6-9)12(14)15)7-10-3-5-16-8-10/h3,5,8-9,11H,2,4,6-7H2,1H3,(H,14,15). The van der Waals surface area contributed by atoms with E-state index in [0.717, 1.165) is 25.9 Å². The summed E-state index contributed by atoms with van der Waals surface area (Å²) in [5.41, 5.74) is 1.23. The summed E-state index contributed by atoms with van der Waals surface area (Å²) in [4.78, 5) is 13.3. The van der Waals surface area contributed by atoms with Gasteiger partial charge in [-0.25, -0.2) is 0 Å². The van der Waals surface area contributed by atoms with Crippen LogP contribution in [-0.2, 0) is 11.3 Å². The van der Waals surface area contributed by atoms with Crippen molar-refractivity contribution in [3.05, 3.63) is 22.4 Å². The first-order valence-electron chi connectivity index (χ1n) is 5.64. The number of hydrogen-bond acceptors (Lipinski definition) is 3. The quantitative estimate of drug-likeness (QED) is 0.880. The SMILES string of the molecule is CC1CCN(Cc2ccsc2)C(C(=O)O)C1. The van der Waals surface area contributed by atoms with Crippen molar-refractivity contribution in [1.82, 2.24) is 4.90 Å². The van der Waals surface area contributed by atoms with Gasteiger partial charge in [-0.2, -0.15) is 11.3 Å². The summed E-state index contributed by atoms with van der Waals surface area (Å²) >= 11 is 1.66. The molecule has 2 atom stereocenters. The Hall–Kier alpha value is -0.870. The van der Waals surface area contributed by atoms with Crippen molar-refractivity contribution in [2.75, 3.05) is 6.54 Å². The first-order chi connectivity index (χ1) is 7.66. The molecule has 0 aliphatic carbocycles. The van der Waals surface area contributed by atoms with E-state index in [1.165, 1.54) is 5.56 Å². The lowest BCUT2D eigenvalue weighted by Gasteiger charge is -2.35. The maximum absolute atomic E-state index is 11.2. The maximum atomic E-state index is 11.2. The number of likely N-dealkylation sites (tertiary alicyclic amines) is 1. The lowest BCUT2D eigenvalue weighted by Crippen LogP contribution is -2.46. The van der Waals surface area contributed by atoms with Crippen molar-refractivity contribution in [2.24, 2.45) is 5.92 Å². The Bertz CT molecular complexity index is 350. The van der Waals surface area contributed by atoms with Gasteiger partial charge in [-0.3, -0.25) is 9.69 Å². The molecule has 2 heterocycles. The van der Waals surface area contributed by atoms with Gasteiger partial charge < -0.3 is 5.11 Å². The van der Waals surface area contributed by atoms with Crippen LogP contribution in [0.2, 0.25) is 0 Å². The highest BCUT2D eigenvalue weighted by molar-refractivity contribution is 7.07. The summed E-state index contributed by atoms with van der Waals surface area (Å²) in [5.74, 6) is -0.151. The summed E-state index contributed by atoms with van der Waals surface area (Å²) < 4.78 is 0. The van der Waals surface area contributed by atoms with Crippen molar-refractivity contribution >= 4 is 17.3 Å². The maximum Gasteiger partial charge on any atom is 0.320 e. The molecule has 2 rings (SSSR count). The van der Waals surface area contributed by atoms with Gasteiger partial charge in [-0.15, -0.1) is 0 Å². The fraction of sp³-hybridized carbons (Fsp3) is 0.583. The molecular formula is C12H17NO2S. The van der Waals surface area contributed by atoms with Crippen molar-refractivity contribution in [3.8, 4) is 0 Å². The molecule has 1 N–H and O–H groups in total. The minimum absolute atomic E-state index is 0.302. The molecule has 0 radical (unpaired) electrons. The van der Waals surface area contributed by atoms with E-state index < -0.39 is 5.97 Å². The monoisotopic (exact) mass is 239 g/mol. The van der Waals surface area contributed by atoms with E-state index in [2.05, 4.69) is 23.3 Å². The lowest BCUT2D eigenvalue weighted by molar-refractivity contribution is -0.145. The molecule has 0 spiro atoms. The van der Waals surface area contributed by atoms with Crippen LogP contribution < -0.4 is 0 Å². The van der Waals surface area contributed by atoms with E-state index in [1.54, 1.807) is 11.3 Å². The molecule has 1 saturated heterocycles. The predicted molar refractivity (Wildman–Crippen MR) is 64.6 cm³/mol. The van der Waals surface area contributed by atoms with Crippen LogP contribution in [0.1, 0.15) is 25.3 Å². The number of hydrogen-bond donors (Lipinski definition) is 1. The van der Waals surface area contributed by atoms with Gasteiger partial charge in [0.05, 0.1) is 0 Å². The molecule has 88 valence electrons. The smallest absolute Gasteiger partial charge is 0.320 e. The van der Waals surface area contributed by atoms with Crippen molar-refractivity contribution < 1.29 is 9.90 Å². The number of piperidine rings is 1. The van der Waals surface area contributed by atoms with E-state index in [0.29, 0.717) is 5.92 Å². The number of rotatable bonds is 3. The van der Waals surface area contributed by atoms with Crippen LogP contribution in [-0.4, -0.2) is 28.6 Å². The van der Waals surface area contributed by atoms with Gasteiger partial charge in [0.15, 0.2) is 0 Å². The van der Waals surface area contributed by atoms with Crippen LogP contribution in [0.3, 0.4) is 0 Å². The highest BCUT2D eigenvalue weighted by Gasteiger charge is 2.31. The van der Waals surface area contributed by atoms with Gasteiger partial charge in [0, 0.05) is 6.54 Å². The highest BCUT2D eigenvalue weighted by atomic mass is 32.1. The van der Waals surface area contributed by atoms with E-state index in [1.807, 2.05) is 5.38 Å². The van der Waals surface area contributed by atoms with Gasteiger partial charge in [0.25, 0.3) is 0 Å². The number of carbonyl (C=O) groups is 1. The minimum Gasteiger partial charge on any atom is -0.480 e. The Labute approximate surface area is 99.7 Å². The molecule has 1 aromatic rings. The summed E-state index contributed by atoms with van der Waals surface area (Å²) in [7, 11) is 0. The third-order valence-electron chi connectivity index (χ3n) is 3.23. The molecule has 4 heteroatoms. The van der Waals surface area contributed by atoms with Gasteiger partial charge in [0.2, 0.25) is 0 Å². The van der Waals surface area contributed by atoms with E-state index in [9.17, 15) is 9.90 Å². The summed E-state index contributed by atoms with van der Waals surface area (Å²) in [6, 6.07) is 1.77. The second-order valence-corrected chi connectivity index (χ2v) is 5.37. The second-order valence-electron chi connectivity index (χ2n) is 4.59. The molecule has 2 unspecified atom stereocenters. The fourth-order valence-electron chi connectivity index (χ4n) is 2.25. The molecule has 0 aromatic carbocycles. The molecule has 0 saturated carbocycles. The number of carboxylic acid groups (broad SMARTS) is 1. The van der Waals surface area contributed by atoms with Gasteiger partial charge >= 0.3 is 5.97 Å². The summed E-state index contributed by atoms with van der Waals surface area (Å²) in [5, 5.41) is 13.3. The largest absolute Gasteiger partial charge is 0.480 e. The Kier molecular flexibility index (Phi) is 3.61. The molecule has 3 nitrogen and oxygen atoms in total. The first-order valence-corrected chi connectivity index (χ1v) is 6.59. The Morgan fingerprint density at radius 2 is 2.50 bits per heavy atom. The fourth-order valence-corrected chi connectivity index (χ4v) is 2.91. The van der Waals surface area contributed by atoms with Crippen LogP contribution in [0.25, 0.3) is 0 Å². The minimum atomic E-state index is -0.679. The van der Waals surface area contributed by atoms with Crippen molar-refractivity contribution in [3.63, 3.8) is 0 Å². The van der Waals surface area contributed by atoms with Gasteiger partial charge in [-0.05, 0) is 47.7 Å². The third kappa shape index (κ3) is 2.62. The first kappa shape index (κ1) is 11.6. The van der Waals surface area contributed by atoms with Crippen molar-refractivity contribution in [1.29, 1.82) is 0 Å². The average Bonchev–Trinajstić information content (AvgIpc) is 2.73. The molecule has 16 heavy (non-hydrogen) atoms. The van der Waals surface area contributed by atoms with Crippen LogP contribution in [0.5, 0.6) is 0 Å². The van der Waals surface area contributed by atoms with Gasteiger partial charge in [-0.1, -0.05) is 6.92 Å². The number of aliphatic carboxylic acids is 1. The lowest BCUT2D eigenvalue weighted by atomic mass is 9.92. The zero-order chi connectivity index (χ0) is 11.5. The molecule has 1 aromatic heterocycles. The summed E-state index contributed by atoms with van der Waals surface area (Å²) in [6.45, 7) is 3.80. The highest BCUT2D eigenvalue weighted by Crippen LogP contribution is 2.24. The third-order valence-corrected chi connectivity index (χ3v) is 3.96. The zero-order valence-corrected chi connectivity index (χ0v) is 10.2. The van der Waals surface area contributed by atoms with Gasteiger partial charge in [0.1, 0.15) is 6.04 Å². The van der Waals surface area contributed by atoms with Crippen molar-refractivity contribution in [2.45, 2.75) is 32.4 Å². The Morgan fingerprint density at radius 1 is 1.69 bits per heavy atom. The topological polar surface area (TPSA) is 40.5 Å². The van der Waals surface area contributed by atoms with Crippen LogP contribution in [0.4, 0.5) is 0 Å². The molecule has 1 aliphatic rings. The summed E-state index contributed by atoms with van der Waals surface area (Å²) in [6.07, 6.45) is 1.88. The zero-order valence-electron chi connectivity index (χ0n) is 9.43. The average molecular weight is 239 g/mol. The second kappa shape index (κ2) is 4.97. The van der Waals surface area contributed by atoms with E-state index in [4.69, 9.17) is 0 Å². The molecule has 1 fully saturated rings. The van der Waals surface area contributed by atoms with Crippen LogP contribution >= 0.6 is 11.3 Å². The molecule has 0 amide bonds. The Balaban J connectivity index is 2.04. The predicted octanol–water partition coefficient (Wildman–Crippen LogP) is 2.43. The van der Waals surface area contributed by atoms with E-state index in [-0.39, 0.29) is 6.04 Å². The van der Waals surface area contributed by atoms with Crippen LogP contribution in [0, 0.1) is 5.92 Å². The van der Waals surface area contributed by atoms with Crippen LogP contribution in [0.15, 0.2) is 16.8 Å². The molecule has 1 aliphatic heterocycles. The molecular weight excluding hydrogens is 222 g/mol. The normalized spacial score (nSPS) is 26.8. The number of nitrogens with zero attached hydrogens (tertiary/aromatic N) is 1.